The monoisotopic (exact) mass is 370 g/mol. The Hall–Kier alpha value is -3.15. The maximum atomic E-state index is 12.4. The van der Waals surface area contributed by atoms with Gasteiger partial charge in [0.25, 0.3) is 0 Å². The SMILES string of the molecule is O=C(O)CCCC(C(=O)OCc1ccccc1)C(=O)OCc1ccccc1. The van der Waals surface area contributed by atoms with Gasteiger partial charge in [-0.2, -0.15) is 0 Å². The van der Waals surface area contributed by atoms with Gasteiger partial charge in [-0.05, 0) is 24.0 Å². The van der Waals surface area contributed by atoms with E-state index in [1.165, 1.54) is 0 Å². The van der Waals surface area contributed by atoms with Crippen LogP contribution in [-0.4, -0.2) is 23.0 Å². The summed E-state index contributed by atoms with van der Waals surface area (Å²) in [6.07, 6.45) is 0.114. The zero-order valence-corrected chi connectivity index (χ0v) is 14.9. The van der Waals surface area contributed by atoms with E-state index in [2.05, 4.69) is 0 Å². The van der Waals surface area contributed by atoms with E-state index in [1.807, 2.05) is 36.4 Å². The first-order chi connectivity index (χ1) is 13.1. The van der Waals surface area contributed by atoms with E-state index in [0.717, 1.165) is 11.1 Å². The third-order valence-electron chi connectivity index (χ3n) is 3.90. The Morgan fingerprint density at radius 2 is 1.22 bits per heavy atom. The van der Waals surface area contributed by atoms with E-state index in [-0.39, 0.29) is 32.5 Å². The highest BCUT2D eigenvalue weighted by Gasteiger charge is 2.29. The maximum Gasteiger partial charge on any atom is 0.320 e. The zero-order valence-electron chi connectivity index (χ0n) is 14.9. The van der Waals surface area contributed by atoms with Crippen molar-refractivity contribution in [3.05, 3.63) is 71.8 Å². The number of aliphatic carboxylic acids is 1. The summed E-state index contributed by atoms with van der Waals surface area (Å²) in [5.41, 5.74) is 1.60. The van der Waals surface area contributed by atoms with Gasteiger partial charge in [-0.1, -0.05) is 60.7 Å². The van der Waals surface area contributed by atoms with Crippen LogP contribution in [-0.2, 0) is 37.1 Å². The second-order valence-electron chi connectivity index (χ2n) is 6.03. The van der Waals surface area contributed by atoms with Crippen LogP contribution in [0.15, 0.2) is 60.7 Å². The second kappa shape index (κ2) is 10.8. The molecular formula is C21H22O6. The Morgan fingerprint density at radius 1 is 0.778 bits per heavy atom. The molecule has 0 radical (unpaired) electrons. The van der Waals surface area contributed by atoms with E-state index in [1.54, 1.807) is 24.3 Å². The number of ether oxygens (including phenoxy) is 2. The molecule has 0 atom stereocenters. The number of carboxylic acids is 1. The quantitative estimate of drug-likeness (QED) is 0.510. The second-order valence-corrected chi connectivity index (χ2v) is 6.03. The van der Waals surface area contributed by atoms with Crippen LogP contribution in [0.1, 0.15) is 30.4 Å². The van der Waals surface area contributed by atoms with Crippen LogP contribution < -0.4 is 0 Å². The molecule has 27 heavy (non-hydrogen) atoms. The lowest BCUT2D eigenvalue weighted by atomic mass is 10.0. The minimum atomic E-state index is -1.14. The molecule has 0 amide bonds. The molecule has 6 nitrogen and oxygen atoms in total. The zero-order chi connectivity index (χ0) is 19.5. The number of esters is 2. The summed E-state index contributed by atoms with van der Waals surface area (Å²) in [5, 5.41) is 8.78. The van der Waals surface area contributed by atoms with Gasteiger partial charge in [0.2, 0.25) is 0 Å². The van der Waals surface area contributed by atoms with E-state index in [0.29, 0.717) is 0 Å². The van der Waals surface area contributed by atoms with Crippen LogP contribution in [0, 0.1) is 5.92 Å². The van der Waals surface area contributed by atoms with E-state index in [9.17, 15) is 14.4 Å². The molecule has 142 valence electrons. The third-order valence-corrected chi connectivity index (χ3v) is 3.90. The van der Waals surface area contributed by atoms with Crippen molar-refractivity contribution >= 4 is 17.9 Å². The largest absolute Gasteiger partial charge is 0.481 e. The lowest BCUT2D eigenvalue weighted by Crippen LogP contribution is -2.28. The topological polar surface area (TPSA) is 89.9 Å². The molecule has 0 bridgehead atoms. The summed E-state index contributed by atoms with van der Waals surface area (Å²) in [7, 11) is 0. The van der Waals surface area contributed by atoms with Crippen molar-refractivity contribution in [2.45, 2.75) is 32.5 Å². The molecular weight excluding hydrogens is 348 g/mol. The predicted molar refractivity (Wildman–Crippen MR) is 97.5 cm³/mol. The van der Waals surface area contributed by atoms with Crippen molar-refractivity contribution in [2.75, 3.05) is 0 Å². The number of hydrogen-bond donors (Lipinski definition) is 1. The van der Waals surface area contributed by atoms with Gasteiger partial charge in [0, 0.05) is 6.42 Å². The molecule has 2 aromatic rings. The highest BCUT2D eigenvalue weighted by atomic mass is 16.6. The van der Waals surface area contributed by atoms with E-state index >= 15 is 0 Å². The molecule has 0 saturated heterocycles. The van der Waals surface area contributed by atoms with Crippen LogP contribution in [0.5, 0.6) is 0 Å². The van der Waals surface area contributed by atoms with Gasteiger partial charge in [-0.15, -0.1) is 0 Å². The van der Waals surface area contributed by atoms with Crippen LogP contribution >= 0.6 is 0 Å². The average molecular weight is 370 g/mol. The van der Waals surface area contributed by atoms with Crippen molar-refractivity contribution in [2.24, 2.45) is 5.92 Å². The molecule has 0 aliphatic carbocycles. The molecule has 0 unspecified atom stereocenters. The number of carboxylic acid groups (broad SMARTS) is 1. The van der Waals surface area contributed by atoms with Gasteiger partial charge in [0.1, 0.15) is 13.2 Å². The predicted octanol–water partition coefficient (Wildman–Crippen LogP) is 3.34. The van der Waals surface area contributed by atoms with Gasteiger partial charge < -0.3 is 14.6 Å². The third kappa shape index (κ3) is 7.32. The minimum Gasteiger partial charge on any atom is -0.481 e. The summed E-state index contributed by atoms with van der Waals surface area (Å²) in [4.78, 5) is 35.5. The lowest BCUT2D eigenvalue weighted by Gasteiger charge is -2.15. The maximum absolute atomic E-state index is 12.4. The molecule has 0 aliphatic heterocycles. The summed E-state index contributed by atoms with van der Waals surface area (Å²) in [6.45, 7) is 0.0855. The normalized spacial score (nSPS) is 10.4. The molecule has 0 aliphatic rings. The van der Waals surface area contributed by atoms with Crippen LogP contribution in [0.25, 0.3) is 0 Å². The van der Waals surface area contributed by atoms with Crippen LogP contribution in [0.3, 0.4) is 0 Å². The highest BCUT2D eigenvalue weighted by molar-refractivity contribution is 5.94. The Morgan fingerprint density at radius 3 is 1.63 bits per heavy atom. The molecule has 2 rings (SSSR count). The van der Waals surface area contributed by atoms with Crippen LogP contribution in [0.2, 0.25) is 0 Å². The standard InChI is InChI=1S/C21H22O6/c22-19(23)13-7-12-18(20(24)26-14-16-8-3-1-4-9-16)21(25)27-15-17-10-5-2-6-11-17/h1-6,8-11,18H,7,12-15H2,(H,22,23). The van der Waals surface area contributed by atoms with Gasteiger partial charge in [0.05, 0.1) is 0 Å². The molecule has 0 aromatic heterocycles. The number of hydrogen-bond acceptors (Lipinski definition) is 5. The summed E-state index contributed by atoms with van der Waals surface area (Å²) in [6, 6.07) is 18.2. The van der Waals surface area contributed by atoms with Crippen molar-refractivity contribution in [1.29, 1.82) is 0 Å². The molecule has 2 aromatic carbocycles. The summed E-state index contributed by atoms with van der Waals surface area (Å²) in [5.74, 6) is -3.54. The smallest absolute Gasteiger partial charge is 0.320 e. The lowest BCUT2D eigenvalue weighted by molar-refractivity contribution is -0.164. The first-order valence-corrected chi connectivity index (χ1v) is 8.69. The molecule has 6 heteroatoms. The molecule has 0 heterocycles. The van der Waals surface area contributed by atoms with Crippen molar-refractivity contribution in [1.82, 2.24) is 0 Å². The molecule has 0 saturated carbocycles. The van der Waals surface area contributed by atoms with Crippen molar-refractivity contribution in [3.63, 3.8) is 0 Å². The Balaban J connectivity index is 1.94. The summed E-state index contributed by atoms with van der Waals surface area (Å²) >= 11 is 0. The Kier molecular flexibility index (Phi) is 8.03. The number of rotatable bonds is 10. The van der Waals surface area contributed by atoms with E-state index in [4.69, 9.17) is 14.6 Å². The van der Waals surface area contributed by atoms with Gasteiger partial charge in [-0.25, -0.2) is 0 Å². The first-order valence-electron chi connectivity index (χ1n) is 8.69. The fraction of sp³-hybridized carbons (Fsp3) is 0.286. The van der Waals surface area contributed by atoms with Gasteiger partial charge >= 0.3 is 17.9 Å². The molecule has 0 spiro atoms. The number of carbonyl (C=O) groups is 3. The minimum absolute atomic E-state index is 0.0427. The number of carbonyl (C=O) groups excluding carboxylic acids is 2. The Bertz CT molecular complexity index is 686. The van der Waals surface area contributed by atoms with Crippen molar-refractivity contribution < 1.29 is 29.0 Å². The summed E-state index contributed by atoms with van der Waals surface area (Å²) < 4.78 is 10.5. The fourth-order valence-electron chi connectivity index (χ4n) is 2.45. The molecule has 1 N–H and O–H groups in total. The van der Waals surface area contributed by atoms with Gasteiger partial charge in [-0.3, -0.25) is 14.4 Å². The Labute approximate surface area is 157 Å². The van der Waals surface area contributed by atoms with Gasteiger partial charge in [0.15, 0.2) is 5.92 Å². The van der Waals surface area contributed by atoms with Crippen molar-refractivity contribution in [3.8, 4) is 0 Å². The van der Waals surface area contributed by atoms with E-state index < -0.39 is 23.8 Å². The fourth-order valence-corrected chi connectivity index (χ4v) is 2.45. The average Bonchev–Trinajstić information content (AvgIpc) is 2.69. The highest BCUT2D eigenvalue weighted by Crippen LogP contribution is 2.16. The first kappa shape index (κ1) is 20.2. The number of benzene rings is 2. The van der Waals surface area contributed by atoms with Crippen LogP contribution in [0.4, 0.5) is 0 Å². The molecule has 0 fully saturated rings.